The molecule has 1 aliphatic heterocycles. The molecule has 0 spiro atoms. The van der Waals surface area contributed by atoms with Crippen molar-refractivity contribution in [1.29, 1.82) is 0 Å². The molecule has 0 atom stereocenters. The number of aromatic nitrogens is 1. The first-order chi connectivity index (χ1) is 19.0. The molecule has 1 aromatic heterocycles. The summed E-state index contributed by atoms with van der Waals surface area (Å²) in [4.78, 5) is 27.9. The van der Waals surface area contributed by atoms with Crippen LogP contribution in [0, 0.1) is 5.82 Å². The van der Waals surface area contributed by atoms with E-state index in [0.717, 1.165) is 61.4 Å². The van der Waals surface area contributed by atoms with E-state index < -0.39 is 0 Å². The second-order valence-corrected chi connectivity index (χ2v) is 9.53. The molecular weight excluding hydrogens is 497 g/mol. The van der Waals surface area contributed by atoms with Gasteiger partial charge in [0.2, 0.25) is 0 Å². The molecule has 0 saturated carbocycles. The summed E-state index contributed by atoms with van der Waals surface area (Å²) < 4.78 is 20.6. The van der Waals surface area contributed by atoms with Gasteiger partial charge in [-0.2, -0.15) is 0 Å². The minimum atomic E-state index is -0.374. The Morgan fingerprint density at radius 2 is 1.64 bits per heavy atom. The maximum atomic E-state index is 13.1. The fraction of sp³-hybridized carbons (Fsp3) is 0.267. The number of nitrogens with one attached hydrogen (secondary N) is 3. The molecule has 1 saturated heterocycles. The molecule has 0 aliphatic carbocycles. The topological polar surface area (TPSA) is 87.6 Å². The smallest absolute Gasteiger partial charge is 0.319 e. The van der Waals surface area contributed by atoms with Crippen molar-refractivity contribution in [3.8, 4) is 0 Å². The van der Waals surface area contributed by atoms with Gasteiger partial charge in [0.15, 0.2) is 0 Å². The molecule has 3 aromatic carbocycles. The van der Waals surface area contributed by atoms with E-state index in [1.165, 1.54) is 12.1 Å². The summed E-state index contributed by atoms with van der Waals surface area (Å²) in [7, 11) is 0. The first kappa shape index (κ1) is 26.4. The number of nitrogens with zero attached hydrogens (tertiary/aromatic N) is 2. The number of hydrogen-bond acceptors (Lipinski definition) is 4. The van der Waals surface area contributed by atoms with Crippen molar-refractivity contribution in [2.75, 3.05) is 36.9 Å². The lowest BCUT2D eigenvalue weighted by Gasteiger charge is -2.26. The SMILES string of the molecule is CCn1cc(NC(=O)NCc2ccc(F)cc2)c2cc(NC(=O)c3ccc(CN4CCOCC4)cc3)ccc21. The van der Waals surface area contributed by atoms with Gasteiger partial charge in [-0.1, -0.05) is 24.3 Å². The van der Waals surface area contributed by atoms with E-state index in [-0.39, 0.29) is 24.3 Å². The molecule has 0 radical (unpaired) electrons. The summed E-state index contributed by atoms with van der Waals surface area (Å²) in [5.41, 5.74) is 4.73. The second-order valence-electron chi connectivity index (χ2n) is 9.53. The van der Waals surface area contributed by atoms with E-state index >= 15 is 0 Å². The van der Waals surface area contributed by atoms with Gasteiger partial charge >= 0.3 is 6.03 Å². The van der Waals surface area contributed by atoms with Crippen LogP contribution in [-0.2, 0) is 24.4 Å². The van der Waals surface area contributed by atoms with Gasteiger partial charge in [-0.25, -0.2) is 9.18 Å². The Balaban J connectivity index is 1.25. The van der Waals surface area contributed by atoms with Gasteiger partial charge < -0.3 is 25.3 Å². The summed E-state index contributed by atoms with van der Waals surface area (Å²) in [5.74, 6) is -0.520. The van der Waals surface area contributed by atoms with Gasteiger partial charge in [-0.15, -0.1) is 0 Å². The summed E-state index contributed by atoms with van der Waals surface area (Å²) in [6.45, 7) is 7.19. The summed E-state index contributed by atoms with van der Waals surface area (Å²) in [6, 6.07) is 18.9. The zero-order chi connectivity index (χ0) is 27.2. The minimum Gasteiger partial charge on any atom is -0.379 e. The normalized spacial score (nSPS) is 13.8. The van der Waals surface area contributed by atoms with Crippen LogP contribution < -0.4 is 16.0 Å². The number of carbonyl (C=O) groups excluding carboxylic acids is 2. The summed E-state index contributed by atoms with van der Waals surface area (Å²) in [6.07, 6.45) is 1.88. The predicted molar refractivity (Wildman–Crippen MR) is 150 cm³/mol. The number of hydrogen-bond donors (Lipinski definition) is 3. The van der Waals surface area contributed by atoms with Crippen LogP contribution in [0.4, 0.5) is 20.6 Å². The Labute approximate surface area is 226 Å². The molecule has 8 nitrogen and oxygen atoms in total. The zero-order valence-corrected chi connectivity index (χ0v) is 21.9. The fourth-order valence-corrected chi connectivity index (χ4v) is 4.67. The lowest BCUT2D eigenvalue weighted by Crippen LogP contribution is -2.35. The van der Waals surface area contributed by atoms with E-state index in [1.807, 2.05) is 60.2 Å². The number of carbonyl (C=O) groups is 2. The lowest BCUT2D eigenvalue weighted by atomic mass is 10.1. The van der Waals surface area contributed by atoms with Crippen LogP contribution in [-0.4, -0.2) is 47.7 Å². The van der Waals surface area contributed by atoms with Gasteiger partial charge in [0.1, 0.15) is 5.82 Å². The Bertz CT molecular complexity index is 1440. The van der Waals surface area contributed by atoms with Crippen LogP contribution in [0.25, 0.3) is 10.9 Å². The molecule has 0 bridgehead atoms. The van der Waals surface area contributed by atoms with Crippen molar-refractivity contribution < 1.29 is 18.7 Å². The largest absolute Gasteiger partial charge is 0.379 e. The molecule has 1 aliphatic rings. The van der Waals surface area contributed by atoms with Crippen LogP contribution in [0.3, 0.4) is 0 Å². The highest BCUT2D eigenvalue weighted by atomic mass is 19.1. The van der Waals surface area contributed by atoms with Crippen LogP contribution in [0.5, 0.6) is 0 Å². The number of rotatable bonds is 8. The van der Waals surface area contributed by atoms with E-state index in [4.69, 9.17) is 4.74 Å². The molecule has 5 rings (SSSR count). The molecule has 3 N–H and O–H groups in total. The predicted octanol–water partition coefficient (Wildman–Crippen LogP) is 5.21. The first-order valence-corrected chi connectivity index (χ1v) is 13.1. The number of benzene rings is 3. The average molecular weight is 530 g/mol. The van der Waals surface area contributed by atoms with E-state index in [9.17, 15) is 14.0 Å². The number of fused-ring (bicyclic) bond motifs is 1. The van der Waals surface area contributed by atoms with Gasteiger partial charge in [-0.05, 0) is 60.5 Å². The van der Waals surface area contributed by atoms with Crippen LogP contribution in [0.15, 0.2) is 72.9 Å². The van der Waals surface area contributed by atoms with Crippen molar-refractivity contribution in [3.05, 3.63) is 95.4 Å². The van der Waals surface area contributed by atoms with Crippen LogP contribution in [0.1, 0.15) is 28.4 Å². The number of morpholine rings is 1. The number of urea groups is 1. The quantitative estimate of drug-likeness (QED) is 0.293. The molecule has 0 unspecified atom stereocenters. The third-order valence-corrected chi connectivity index (χ3v) is 6.82. The second kappa shape index (κ2) is 12.1. The Hall–Kier alpha value is -4.21. The van der Waals surface area contributed by atoms with E-state index in [0.29, 0.717) is 16.9 Å². The number of halogens is 1. The van der Waals surface area contributed by atoms with Crippen LogP contribution >= 0.6 is 0 Å². The highest BCUT2D eigenvalue weighted by Gasteiger charge is 2.14. The van der Waals surface area contributed by atoms with Gasteiger partial charge in [-0.3, -0.25) is 9.69 Å². The van der Waals surface area contributed by atoms with Crippen molar-refractivity contribution in [3.63, 3.8) is 0 Å². The monoisotopic (exact) mass is 529 g/mol. The number of ether oxygens (including phenoxy) is 1. The Morgan fingerprint density at radius 1 is 0.923 bits per heavy atom. The standard InChI is InChI=1S/C30H32FN5O3/c1-2-36-20-27(34-30(38)32-18-21-5-9-24(31)10-6-21)26-17-25(11-12-28(26)36)33-29(37)23-7-3-22(4-8-23)19-35-13-15-39-16-14-35/h3-12,17,20H,2,13-16,18-19H2,1H3,(H,33,37)(H2,32,34,38). The van der Waals surface area contributed by atoms with Crippen molar-refractivity contribution >= 4 is 34.2 Å². The first-order valence-electron chi connectivity index (χ1n) is 13.1. The van der Waals surface area contributed by atoms with E-state index in [1.54, 1.807) is 12.1 Å². The van der Waals surface area contributed by atoms with Gasteiger partial charge in [0.05, 0.1) is 24.4 Å². The maximum absolute atomic E-state index is 13.1. The average Bonchev–Trinajstić information content (AvgIpc) is 3.30. The molecule has 3 amide bonds. The molecule has 202 valence electrons. The Kier molecular flexibility index (Phi) is 8.19. The van der Waals surface area contributed by atoms with Crippen LogP contribution in [0.2, 0.25) is 0 Å². The van der Waals surface area contributed by atoms with Crippen molar-refractivity contribution in [2.24, 2.45) is 0 Å². The lowest BCUT2D eigenvalue weighted by molar-refractivity contribution is 0.0342. The molecule has 9 heteroatoms. The van der Waals surface area contributed by atoms with Crippen molar-refractivity contribution in [1.82, 2.24) is 14.8 Å². The zero-order valence-electron chi connectivity index (χ0n) is 21.9. The summed E-state index contributed by atoms with van der Waals surface area (Å²) in [5, 5.41) is 9.49. The number of amides is 3. The number of anilines is 2. The third kappa shape index (κ3) is 6.63. The fourth-order valence-electron chi connectivity index (χ4n) is 4.67. The van der Waals surface area contributed by atoms with E-state index in [2.05, 4.69) is 20.9 Å². The number of aryl methyl sites for hydroxylation is 1. The van der Waals surface area contributed by atoms with Crippen molar-refractivity contribution in [2.45, 2.75) is 26.6 Å². The summed E-state index contributed by atoms with van der Waals surface area (Å²) >= 11 is 0. The highest BCUT2D eigenvalue weighted by molar-refractivity contribution is 6.07. The van der Waals surface area contributed by atoms with Gasteiger partial charge in [0, 0.05) is 55.6 Å². The molecule has 39 heavy (non-hydrogen) atoms. The molecular formula is C30H32FN5O3. The third-order valence-electron chi connectivity index (χ3n) is 6.82. The Morgan fingerprint density at radius 3 is 2.36 bits per heavy atom. The van der Waals surface area contributed by atoms with Gasteiger partial charge in [0.25, 0.3) is 5.91 Å². The molecule has 4 aromatic rings. The highest BCUT2D eigenvalue weighted by Crippen LogP contribution is 2.29. The molecule has 1 fully saturated rings. The maximum Gasteiger partial charge on any atom is 0.319 e. The molecule has 2 heterocycles. The minimum absolute atomic E-state index is 0.200.